The molecule has 0 saturated carbocycles. The van der Waals surface area contributed by atoms with Crippen molar-refractivity contribution in [3.8, 4) is 0 Å². The van der Waals surface area contributed by atoms with Gasteiger partial charge in [0.1, 0.15) is 16.2 Å². The molecule has 5 heteroatoms. The van der Waals surface area contributed by atoms with Crippen LogP contribution in [0.15, 0.2) is 41.0 Å². The average molecular weight is 347 g/mol. The zero-order valence-corrected chi connectivity index (χ0v) is 13.9. The molecule has 1 atom stereocenters. The quantitative estimate of drug-likeness (QED) is 0.782. The van der Waals surface area contributed by atoms with Crippen molar-refractivity contribution in [1.82, 2.24) is 14.9 Å². The summed E-state index contributed by atoms with van der Waals surface area (Å²) in [4.78, 5) is 13.7. The summed E-state index contributed by atoms with van der Waals surface area (Å²) < 4.78 is 0.843. The molecule has 21 heavy (non-hydrogen) atoms. The first-order chi connectivity index (χ1) is 10.1. The molecule has 0 amide bonds. The monoisotopic (exact) mass is 346 g/mol. The molecular formula is C16H19BrN4. The average Bonchev–Trinajstić information content (AvgIpc) is 2.47. The maximum Gasteiger partial charge on any atom is 0.134 e. The van der Waals surface area contributed by atoms with Gasteiger partial charge in [0.15, 0.2) is 0 Å². The van der Waals surface area contributed by atoms with E-state index in [4.69, 9.17) is 0 Å². The predicted octanol–water partition coefficient (Wildman–Crippen LogP) is 3.04. The molecule has 0 aliphatic carbocycles. The highest BCUT2D eigenvalue weighted by molar-refractivity contribution is 9.10. The number of benzene rings is 1. The third-order valence-corrected chi connectivity index (χ3v) is 4.26. The highest BCUT2D eigenvalue weighted by Crippen LogP contribution is 2.30. The Morgan fingerprint density at radius 2 is 1.90 bits per heavy atom. The normalized spacial score (nSPS) is 19.8. The molecule has 1 aliphatic heterocycles. The maximum absolute atomic E-state index is 4.62. The summed E-state index contributed by atoms with van der Waals surface area (Å²) in [6, 6.07) is 13.0. The molecular weight excluding hydrogens is 328 g/mol. The number of rotatable bonds is 2. The standard InChI is InChI=1S/C16H19BrN4/c1-12-18-15(17)10-16(19-12)21-9-8-20(2)11-14(21)13-6-4-3-5-7-13/h3-7,10,14H,8-9,11H2,1-2H3. The van der Waals surface area contributed by atoms with Gasteiger partial charge in [-0.1, -0.05) is 30.3 Å². The number of aryl methyl sites for hydroxylation is 1. The number of aromatic nitrogens is 2. The summed E-state index contributed by atoms with van der Waals surface area (Å²) in [5, 5.41) is 0. The van der Waals surface area contributed by atoms with Crippen LogP contribution in [0.25, 0.3) is 0 Å². The number of hydrogen-bond donors (Lipinski definition) is 0. The van der Waals surface area contributed by atoms with Crippen molar-refractivity contribution in [3.05, 3.63) is 52.4 Å². The van der Waals surface area contributed by atoms with Gasteiger partial charge >= 0.3 is 0 Å². The van der Waals surface area contributed by atoms with Crippen LogP contribution in [0.4, 0.5) is 5.82 Å². The fourth-order valence-electron chi connectivity index (χ4n) is 2.82. The Hall–Kier alpha value is -1.46. The summed E-state index contributed by atoms with van der Waals surface area (Å²) in [5.74, 6) is 1.79. The van der Waals surface area contributed by atoms with E-state index in [9.17, 15) is 0 Å². The van der Waals surface area contributed by atoms with E-state index in [1.165, 1.54) is 5.56 Å². The molecule has 1 aromatic heterocycles. The molecule has 0 spiro atoms. The Morgan fingerprint density at radius 3 is 2.62 bits per heavy atom. The van der Waals surface area contributed by atoms with Gasteiger partial charge < -0.3 is 9.80 Å². The predicted molar refractivity (Wildman–Crippen MR) is 88.5 cm³/mol. The van der Waals surface area contributed by atoms with Crippen LogP contribution in [0.3, 0.4) is 0 Å². The minimum absolute atomic E-state index is 0.325. The van der Waals surface area contributed by atoms with Gasteiger partial charge in [0.05, 0.1) is 6.04 Å². The highest BCUT2D eigenvalue weighted by atomic mass is 79.9. The zero-order chi connectivity index (χ0) is 14.8. The first-order valence-electron chi connectivity index (χ1n) is 7.15. The highest BCUT2D eigenvalue weighted by Gasteiger charge is 2.27. The van der Waals surface area contributed by atoms with Crippen molar-refractivity contribution < 1.29 is 0 Å². The Kier molecular flexibility index (Phi) is 4.22. The SMILES string of the molecule is Cc1nc(Br)cc(N2CCN(C)CC2c2ccccc2)n1. The molecule has 2 heterocycles. The summed E-state index contributed by atoms with van der Waals surface area (Å²) in [6.45, 7) is 4.95. The van der Waals surface area contributed by atoms with Gasteiger partial charge in [-0.25, -0.2) is 9.97 Å². The number of piperazine rings is 1. The number of hydrogen-bond acceptors (Lipinski definition) is 4. The van der Waals surface area contributed by atoms with E-state index in [2.05, 4.69) is 73.1 Å². The smallest absolute Gasteiger partial charge is 0.134 e. The number of nitrogens with zero attached hydrogens (tertiary/aromatic N) is 4. The topological polar surface area (TPSA) is 32.3 Å². The van der Waals surface area contributed by atoms with Gasteiger partial charge in [0, 0.05) is 25.7 Å². The lowest BCUT2D eigenvalue weighted by Gasteiger charge is -2.41. The largest absolute Gasteiger partial charge is 0.347 e. The number of halogens is 1. The van der Waals surface area contributed by atoms with E-state index in [-0.39, 0.29) is 0 Å². The zero-order valence-electron chi connectivity index (χ0n) is 12.3. The summed E-state index contributed by atoms with van der Waals surface area (Å²) >= 11 is 3.48. The van der Waals surface area contributed by atoms with Crippen LogP contribution in [-0.2, 0) is 0 Å². The number of likely N-dealkylation sites (N-methyl/N-ethyl adjacent to an activating group) is 1. The molecule has 0 N–H and O–H groups in total. The Morgan fingerprint density at radius 1 is 1.14 bits per heavy atom. The molecule has 0 radical (unpaired) electrons. The van der Waals surface area contributed by atoms with Crippen LogP contribution in [0.1, 0.15) is 17.4 Å². The van der Waals surface area contributed by atoms with Crippen LogP contribution >= 0.6 is 15.9 Å². The maximum atomic E-state index is 4.62. The van der Waals surface area contributed by atoms with E-state index in [1.807, 2.05) is 13.0 Å². The second kappa shape index (κ2) is 6.12. The van der Waals surface area contributed by atoms with Crippen LogP contribution in [0, 0.1) is 6.92 Å². The second-order valence-electron chi connectivity index (χ2n) is 5.48. The molecule has 1 aliphatic rings. The number of anilines is 1. The van der Waals surface area contributed by atoms with Crippen LogP contribution in [-0.4, -0.2) is 41.5 Å². The van der Waals surface area contributed by atoms with Crippen LogP contribution in [0.5, 0.6) is 0 Å². The van der Waals surface area contributed by atoms with E-state index in [1.54, 1.807) is 0 Å². The lowest BCUT2D eigenvalue weighted by Crippen LogP contribution is -2.47. The first-order valence-corrected chi connectivity index (χ1v) is 7.94. The van der Waals surface area contributed by atoms with Gasteiger partial charge in [-0.2, -0.15) is 0 Å². The molecule has 2 aromatic rings. The summed E-state index contributed by atoms with van der Waals surface area (Å²) in [6.07, 6.45) is 0. The van der Waals surface area contributed by atoms with Gasteiger partial charge in [0.2, 0.25) is 0 Å². The molecule has 1 fully saturated rings. The van der Waals surface area contributed by atoms with Gasteiger partial charge in [0.25, 0.3) is 0 Å². The summed E-state index contributed by atoms with van der Waals surface area (Å²) in [5.41, 5.74) is 1.33. The van der Waals surface area contributed by atoms with Gasteiger partial charge in [-0.15, -0.1) is 0 Å². The van der Waals surface area contributed by atoms with Gasteiger partial charge in [-0.3, -0.25) is 0 Å². The molecule has 1 unspecified atom stereocenters. The van der Waals surface area contributed by atoms with E-state index >= 15 is 0 Å². The lowest BCUT2D eigenvalue weighted by molar-refractivity contribution is 0.268. The fraction of sp³-hybridized carbons (Fsp3) is 0.375. The molecule has 0 bridgehead atoms. The van der Waals surface area contributed by atoms with E-state index in [0.717, 1.165) is 35.9 Å². The lowest BCUT2D eigenvalue weighted by atomic mass is 10.0. The van der Waals surface area contributed by atoms with Crippen LogP contribution < -0.4 is 4.90 Å². The molecule has 110 valence electrons. The Labute approximate surface area is 133 Å². The second-order valence-corrected chi connectivity index (χ2v) is 6.29. The molecule has 4 nitrogen and oxygen atoms in total. The van der Waals surface area contributed by atoms with Crippen molar-refractivity contribution in [2.75, 3.05) is 31.6 Å². The van der Waals surface area contributed by atoms with Crippen molar-refractivity contribution in [2.24, 2.45) is 0 Å². The van der Waals surface area contributed by atoms with Crippen molar-refractivity contribution >= 4 is 21.7 Å². The fourth-order valence-corrected chi connectivity index (χ4v) is 3.28. The van der Waals surface area contributed by atoms with Crippen molar-refractivity contribution in [2.45, 2.75) is 13.0 Å². The van der Waals surface area contributed by atoms with Crippen molar-refractivity contribution in [3.63, 3.8) is 0 Å². The first kappa shape index (κ1) is 14.5. The van der Waals surface area contributed by atoms with Gasteiger partial charge in [-0.05, 0) is 35.5 Å². The minimum Gasteiger partial charge on any atom is -0.347 e. The minimum atomic E-state index is 0.325. The molecule has 1 saturated heterocycles. The third-order valence-electron chi connectivity index (χ3n) is 3.86. The van der Waals surface area contributed by atoms with Crippen LogP contribution in [0.2, 0.25) is 0 Å². The summed E-state index contributed by atoms with van der Waals surface area (Å²) in [7, 11) is 2.18. The molecule has 1 aromatic carbocycles. The Bertz CT molecular complexity index is 597. The third kappa shape index (κ3) is 3.24. The molecule has 3 rings (SSSR count). The van der Waals surface area contributed by atoms with Crippen molar-refractivity contribution in [1.29, 1.82) is 0 Å². The Balaban J connectivity index is 1.98. The van der Waals surface area contributed by atoms with E-state index in [0.29, 0.717) is 6.04 Å². The van der Waals surface area contributed by atoms with E-state index < -0.39 is 0 Å².